The molecule has 0 aliphatic carbocycles. The second-order valence-electron chi connectivity index (χ2n) is 4.96. The molecule has 1 aromatic rings. The number of ketones is 1. The molecule has 0 spiro atoms. The summed E-state index contributed by atoms with van der Waals surface area (Å²) in [6.45, 7) is 4.75. The first-order valence-electron chi connectivity index (χ1n) is 6.99. The molecule has 106 valence electrons. The van der Waals surface area contributed by atoms with Crippen LogP contribution in [0.1, 0.15) is 53.6 Å². The number of hydrogen-bond donors (Lipinski definition) is 1. The molecule has 0 aliphatic heterocycles. The van der Waals surface area contributed by atoms with Gasteiger partial charge in [-0.25, -0.2) is 0 Å². The van der Waals surface area contributed by atoms with Crippen molar-refractivity contribution in [2.75, 3.05) is 13.7 Å². The zero-order valence-corrected chi connectivity index (χ0v) is 12.3. The molecular weight excluding hydrogens is 238 g/mol. The molecule has 0 bridgehead atoms. The number of unbranched alkanes of at least 4 members (excludes halogenated alkanes) is 3. The molecule has 3 heteroatoms. The van der Waals surface area contributed by atoms with Gasteiger partial charge in [-0.2, -0.15) is 0 Å². The van der Waals surface area contributed by atoms with E-state index in [1.165, 1.54) is 0 Å². The van der Waals surface area contributed by atoms with Crippen molar-refractivity contribution in [3.05, 3.63) is 28.8 Å². The van der Waals surface area contributed by atoms with Crippen molar-refractivity contribution in [2.24, 2.45) is 5.73 Å². The molecule has 0 saturated carbocycles. The van der Waals surface area contributed by atoms with Crippen LogP contribution in [0.3, 0.4) is 0 Å². The highest BCUT2D eigenvalue weighted by atomic mass is 16.5. The predicted octanol–water partition coefficient (Wildman–Crippen LogP) is 3.40. The summed E-state index contributed by atoms with van der Waals surface area (Å²) in [6, 6.07) is 3.86. The molecule has 0 amide bonds. The van der Waals surface area contributed by atoms with E-state index in [1.54, 1.807) is 7.11 Å². The Morgan fingerprint density at radius 2 is 1.84 bits per heavy atom. The van der Waals surface area contributed by atoms with Gasteiger partial charge in [0.05, 0.1) is 12.7 Å². The maximum Gasteiger partial charge on any atom is 0.166 e. The van der Waals surface area contributed by atoms with Crippen molar-refractivity contribution in [3.8, 4) is 5.75 Å². The number of nitrogens with two attached hydrogens (primary N) is 1. The first-order chi connectivity index (χ1) is 9.11. The molecular formula is C16H25NO2. The molecule has 0 heterocycles. The van der Waals surface area contributed by atoms with Crippen LogP contribution in [0.5, 0.6) is 5.75 Å². The quantitative estimate of drug-likeness (QED) is 0.577. The van der Waals surface area contributed by atoms with Gasteiger partial charge >= 0.3 is 0 Å². The van der Waals surface area contributed by atoms with Crippen LogP contribution >= 0.6 is 0 Å². The second-order valence-corrected chi connectivity index (χ2v) is 4.96. The second kappa shape index (κ2) is 7.95. The lowest BCUT2D eigenvalue weighted by Crippen LogP contribution is -2.05. The van der Waals surface area contributed by atoms with Crippen molar-refractivity contribution < 1.29 is 9.53 Å². The van der Waals surface area contributed by atoms with Crippen LogP contribution in [-0.2, 0) is 0 Å². The molecule has 0 saturated heterocycles. The van der Waals surface area contributed by atoms with Gasteiger partial charge < -0.3 is 10.5 Å². The van der Waals surface area contributed by atoms with Crippen LogP contribution < -0.4 is 10.5 Å². The van der Waals surface area contributed by atoms with Crippen molar-refractivity contribution in [1.82, 2.24) is 0 Å². The number of rotatable bonds is 8. The van der Waals surface area contributed by atoms with Crippen LogP contribution in [-0.4, -0.2) is 19.4 Å². The fourth-order valence-electron chi connectivity index (χ4n) is 2.19. The highest BCUT2D eigenvalue weighted by Gasteiger charge is 2.14. The lowest BCUT2D eigenvalue weighted by Gasteiger charge is -2.12. The van der Waals surface area contributed by atoms with Crippen molar-refractivity contribution in [1.29, 1.82) is 0 Å². The van der Waals surface area contributed by atoms with E-state index in [0.29, 0.717) is 12.0 Å². The molecule has 1 aromatic carbocycles. The SMILES string of the molecule is COc1c(C(=O)CCCCCCN)ccc(C)c1C. The minimum Gasteiger partial charge on any atom is -0.496 e. The summed E-state index contributed by atoms with van der Waals surface area (Å²) >= 11 is 0. The summed E-state index contributed by atoms with van der Waals surface area (Å²) in [5.41, 5.74) is 8.36. The largest absolute Gasteiger partial charge is 0.496 e. The summed E-state index contributed by atoms with van der Waals surface area (Å²) in [7, 11) is 1.62. The van der Waals surface area contributed by atoms with Gasteiger partial charge in [0.2, 0.25) is 0 Å². The maximum absolute atomic E-state index is 12.2. The van der Waals surface area contributed by atoms with E-state index in [1.807, 2.05) is 26.0 Å². The number of Topliss-reactive ketones (excluding diaryl/α,β-unsaturated/α-hetero) is 1. The normalized spacial score (nSPS) is 10.5. The lowest BCUT2D eigenvalue weighted by molar-refractivity contribution is 0.0976. The Morgan fingerprint density at radius 3 is 2.47 bits per heavy atom. The van der Waals surface area contributed by atoms with Gasteiger partial charge in [0.1, 0.15) is 5.75 Å². The van der Waals surface area contributed by atoms with Crippen LogP contribution in [0, 0.1) is 13.8 Å². The fraction of sp³-hybridized carbons (Fsp3) is 0.562. The van der Waals surface area contributed by atoms with Crippen LogP contribution in [0.25, 0.3) is 0 Å². The van der Waals surface area contributed by atoms with Crippen molar-refractivity contribution in [2.45, 2.75) is 46.0 Å². The predicted molar refractivity (Wildman–Crippen MR) is 78.9 cm³/mol. The summed E-state index contributed by atoms with van der Waals surface area (Å²) in [4.78, 5) is 12.2. The summed E-state index contributed by atoms with van der Waals surface area (Å²) < 4.78 is 5.39. The van der Waals surface area contributed by atoms with Gasteiger partial charge in [-0.1, -0.05) is 18.9 Å². The van der Waals surface area contributed by atoms with Gasteiger partial charge in [-0.3, -0.25) is 4.79 Å². The standard InChI is InChI=1S/C16H25NO2/c1-12-9-10-14(16(19-3)13(12)2)15(18)8-6-4-5-7-11-17/h9-10H,4-8,11,17H2,1-3H3. The van der Waals surface area contributed by atoms with Crippen LogP contribution in [0.15, 0.2) is 12.1 Å². The third kappa shape index (κ3) is 4.35. The van der Waals surface area contributed by atoms with Gasteiger partial charge in [-0.15, -0.1) is 0 Å². The number of benzene rings is 1. The van der Waals surface area contributed by atoms with Crippen LogP contribution in [0.4, 0.5) is 0 Å². The zero-order chi connectivity index (χ0) is 14.3. The van der Waals surface area contributed by atoms with E-state index in [-0.39, 0.29) is 5.78 Å². The average Bonchev–Trinajstić information content (AvgIpc) is 2.41. The number of hydrogen-bond acceptors (Lipinski definition) is 3. The minimum atomic E-state index is 0.174. The molecule has 2 N–H and O–H groups in total. The maximum atomic E-state index is 12.2. The van der Waals surface area contributed by atoms with E-state index in [0.717, 1.165) is 49.1 Å². The Balaban J connectivity index is 2.64. The highest BCUT2D eigenvalue weighted by Crippen LogP contribution is 2.27. The molecule has 0 fully saturated rings. The van der Waals surface area contributed by atoms with E-state index in [9.17, 15) is 4.79 Å². The van der Waals surface area contributed by atoms with Crippen LogP contribution in [0.2, 0.25) is 0 Å². The molecule has 0 aromatic heterocycles. The van der Waals surface area contributed by atoms with Crippen molar-refractivity contribution >= 4 is 5.78 Å². The fourth-order valence-corrected chi connectivity index (χ4v) is 2.19. The molecule has 0 aliphatic rings. The van der Waals surface area contributed by atoms with Crippen molar-refractivity contribution in [3.63, 3.8) is 0 Å². The molecule has 1 rings (SSSR count). The summed E-state index contributed by atoms with van der Waals surface area (Å²) in [6.07, 6.45) is 4.73. The third-order valence-electron chi connectivity index (χ3n) is 3.54. The average molecular weight is 263 g/mol. The smallest absolute Gasteiger partial charge is 0.166 e. The Morgan fingerprint density at radius 1 is 1.16 bits per heavy atom. The van der Waals surface area contributed by atoms with E-state index in [2.05, 4.69) is 0 Å². The minimum absolute atomic E-state index is 0.174. The van der Waals surface area contributed by atoms with E-state index in [4.69, 9.17) is 10.5 Å². The van der Waals surface area contributed by atoms with E-state index < -0.39 is 0 Å². The van der Waals surface area contributed by atoms with E-state index >= 15 is 0 Å². The third-order valence-corrected chi connectivity index (χ3v) is 3.54. The van der Waals surface area contributed by atoms with Gasteiger partial charge in [0, 0.05) is 6.42 Å². The Labute approximate surface area is 116 Å². The van der Waals surface area contributed by atoms with Gasteiger partial charge in [0.15, 0.2) is 5.78 Å². The Bertz CT molecular complexity index is 427. The first-order valence-corrected chi connectivity index (χ1v) is 6.99. The van der Waals surface area contributed by atoms with Gasteiger partial charge in [-0.05, 0) is 50.4 Å². The molecule has 3 nitrogen and oxygen atoms in total. The summed E-state index contributed by atoms with van der Waals surface area (Å²) in [5.74, 6) is 0.902. The molecule has 0 unspecified atom stereocenters. The highest BCUT2D eigenvalue weighted by molar-refractivity contribution is 5.99. The molecule has 0 atom stereocenters. The number of ether oxygens (including phenoxy) is 1. The lowest BCUT2D eigenvalue weighted by atomic mass is 9.98. The number of carbonyl (C=O) groups excluding carboxylic acids is 1. The molecule has 19 heavy (non-hydrogen) atoms. The Hall–Kier alpha value is -1.35. The first kappa shape index (κ1) is 15.7. The topological polar surface area (TPSA) is 52.3 Å². The summed E-state index contributed by atoms with van der Waals surface area (Å²) in [5, 5.41) is 0. The number of carbonyl (C=O) groups is 1. The number of methoxy groups -OCH3 is 1. The molecule has 0 radical (unpaired) electrons. The Kier molecular flexibility index (Phi) is 6.57. The number of aryl methyl sites for hydroxylation is 1. The van der Waals surface area contributed by atoms with Gasteiger partial charge in [0.25, 0.3) is 0 Å². The monoisotopic (exact) mass is 263 g/mol. The zero-order valence-electron chi connectivity index (χ0n) is 12.3.